The molecule has 0 heterocycles. The van der Waals surface area contributed by atoms with Crippen molar-refractivity contribution < 1.29 is 0 Å². The second-order valence-electron chi connectivity index (χ2n) is 6.23. The van der Waals surface area contributed by atoms with E-state index in [9.17, 15) is 0 Å². The van der Waals surface area contributed by atoms with Crippen LogP contribution in [0.4, 0.5) is 0 Å². The van der Waals surface area contributed by atoms with Gasteiger partial charge in [-0.3, -0.25) is 0 Å². The first kappa shape index (κ1) is 13.5. The van der Waals surface area contributed by atoms with Crippen LogP contribution in [0.3, 0.4) is 0 Å². The zero-order valence-corrected chi connectivity index (χ0v) is 12.5. The highest BCUT2D eigenvalue weighted by atomic mass is 35.5. The van der Waals surface area contributed by atoms with Gasteiger partial charge in [-0.15, -0.1) is 0 Å². The number of hydrogen-bond acceptors (Lipinski definition) is 1. The summed E-state index contributed by atoms with van der Waals surface area (Å²) in [5.41, 5.74) is 1.38. The normalized spacial score (nSPS) is 30.1. The van der Waals surface area contributed by atoms with Gasteiger partial charge in [0, 0.05) is 11.1 Å². The summed E-state index contributed by atoms with van der Waals surface area (Å²) >= 11 is 6.10. The molecule has 0 radical (unpaired) electrons. The van der Waals surface area contributed by atoms with Crippen molar-refractivity contribution in [2.75, 3.05) is 6.54 Å². The lowest BCUT2D eigenvalue weighted by molar-refractivity contribution is 0.403. The Morgan fingerprint density at radius 2 is 2.11 bits per heavy atom. The lowest BCUT2D eigenvalue weighted by Crippen LogP contribution is -2.35. The Hall–Kier alpha value is -0.530. The summed E-state index contributed by atoms with van der Waals surface area (Å²) < 4.78 is 0. The van der Waals surface area contributed by atoms with Crippen molar-refractivity contribution in [3.05, 3.63) is 34.9 Å². The molecule has 3 atom stereocenters. The molecule has 0 amide bonds. The van der Waals surface area contributed by atoms with Crippen molar-refractivity contribution in [2.24, 2.45) is 17.8 Å². The number of benzene rings is 1. The van der Waals surface area contributed by atoms with Crippen molar-refractivity contribution in [3.8, 4) is 0 Å². The maximum absolute atomic E-state index is 6.10. The summed E-state index contributed by atoms with van der Waals surface area (Å²) in [6, 6.07) is 9.03. The van der Waals surface area contributed by atoms with Gasteiger partial charge >= 0.3 is 0 Å². The van der Waals surface area contributed by atoms with E-state index in [-0.39, 0.29) is 0 Å². The molecule has 0 aromatic heterocycles. The average Bonchev–Trinajstić information content (AvgIpc) is 2.87. The molecule has 0 bridgehead atoms. The highest BCUT2D eigenvalue weighted by Gasteiger charge is 2.55. The molecule has 1 aromatic carbocycles. The van der Waals surface area contributed by atoms with Crippen LogP contribution in [-0.4, -0.2) is 12.6 Å². The van der Waals surface area contributed by atoms with E-state index in [4.69, 9.17) is 11.6 Å². The first-order valence-corrected chi connectivity index (χ1v) is 8.15. The summed E-state index contributed by atoms with van der Waals surface area (Å²) in [7, 11) is 0. The highest BCUT2D eigenvalue weighted by molar-refractivity contribution is 6.30. The first-order chi connectivity index (χ1) is 9.29. The third kappa shape index (κ3) is 2.98. The van der Waals surface area contributed by atoms with Gasteiger partial charge in [-0.2, -0.15) is 0 Å². The number of halogens is 1. The molecule has 0 aliphatic heterocycles. The quantitative estimate of drug-likeness (QED) is 0.818. The Balaban J connectivity index is 1.66. The second kappa shape index (κ2) is 5.85. The molecule has 2 aliphatic rings. The molecule has 0 spiro atoms. The molecule has 1 N–H and O–H groups in total. The van der Waals surface area contributed by atoms with Crippen LogP contribution in [0.25, 0.3) is 0 Å². The number of hydrogen-bond donors (Lipinski definition) is 1. The Morgan fingerprint density at radius 3 is 2.79 bits per heavy atom. The molecule has 19 heavy (non-hydrogen) atoms. The molecule has 2 heteroatoms. The Labute approximate surface area is 121 Å². The molecular weight excluding hydrogens is 254 g/mol. The lowest BCUT2D eigenvalue weighted by atomic mass is 9.97. The third-order valence-corrected chi connectivity index (χ3v) is 5.17. The summed E-state index contributed by atoms with van der Waals surface area (Å²) in [5, 5.41) is 4.65. The minimum atomic E-state index is 0.661. The van der Waals surface area contributed by atoms with E-state index in [1.165, 1.54) is 31.2 Å². The van der Waals surface area contributed by atoms with E-state index in [0.29, 0.717) is 6.04 Å². The molecule has 1 aromatic rings. The highest BCUT2D eigenvalue weighted by Crippen LogP contribution is 2.59. The van der Waals surface area contributed by atoms with E-state index >= 15 is 0 Å². The molecular formula is C17H24ClN. The minimum Gasteiger partial charge on any atom is -0.313 e. The molecule has 1 nitrogen and oxygen atoms in total. The maximum atomic E-state index is 6.10. The van der Waals surface area contributed by atoms with Gasteiger partial charge in [-0.25, -0.2) is 0 Å². The predicted octanol–water partition coefficient (Wildman–Crippen LogP) is 4.30. The third-order valence-electron chi connectivity index (χ3n) is 4.94. The molecule has 2 saturated carbocycles. The van der Waals surface area contributed by atoms with E-state index in [1.807, 2.05) is 6.07 Å². The van der Waals surface area contributed by atoms with Crippen molar-refractivity contribution in [2.45, 2.75) is 45.1 Å². The standard InChI is InChI=1S/C17H24ClN/c1-2-9-19-16(17-14-7-4-8-15(14)17)11-12-5-3-6-13(18)10-12/h3,5-6,10,14-17,19H,2,4,7-9,11H2,1H3. The summed E-state index contributed by atoms with van der Waals surface area (Å²) in [5.74, 6) is 2.97. The largest absolute Gasteiger partial charge is 0.313 e. The van der Waals surface area contributed by atoms with Gasteiger partial charge in [0.2, 0.25) is 0 Å². The van der Waals surface area contributed by atoms with Crippen molar-refractivity contribution in [3.63, 3.8) is 0 Å². The predicted molar refractivity (Wildman–Crippen MR) is 81.6 cm³/mol. The number of nitrogens with one attached hydrogen (secondary N) is 1. The van der Waals surface area contributed by atoms with Gasteiger partial charge in [0.1, 0.15) is 0 Å². The summed E-state index contributed by atoms with van der Waals surface area (Å²) in [4.78, 5) is 0. The van der Waals surface area contributed by atoms with Crippen LogP contribution in [0.5, 0.6) is 0 Å². The van der Waals surface area contributed by atoms with Crippen LogP contribution in [0.1, 0.15) is 38.2 Å². The SMILES string of the molecule is CCCNC(Cc1cccc(Cl)c1)C1C2CCCC21. The first-order valence-electron chi connectivity index (χ1n) is 7.77. The zero-order valence-electron chi connectivity index (χ0n) is 11.7. The molecule has 3 rings (SSSR count). The Morgan fingerprint density at radius 1 is 1.32 bits per heavy atom. The number of rotatable bonds is 6. The second-order valence-corrected chi connectivity index (χ2v) is 6.67. The van der Waals surface area contributed by atoms with Crippen LogP contribution in [-0.2, 0) is 6.42 Å². The average molecular weight is 278 g/mol. The summed E-state index contributed by atoms with van der Waals surface area (Å²) in [6.45, 7) is 3.39. The molecule has 0 saturated heterocycles. The van der Waals surface area contributed by atoms with Gasteiger partial charge in [0.05, 0.1) is 0 Å². The van der Waals surface area contributed by atoms with Crippen molar-refractivity contribution >= 4 is 11.6 Å². The monoisotopic (exact) mass is 277 g/mol. The molecule has 104 valence electrons. The van der Waals surface area contributed by atoms with Gasteiger partial charge in [0.15, 0.2) is 0 Å². The molecule has 3 unspecified atom stereocenters. The smallest absolute Gasteiger partial charge is 0.0408 e. The summed E-state index contributed by atoms with van der Waals surface area (Å²) in [6.07, 6.45) is 6.75. The van der Waals surface area contributed by atoms with Crippen LogP contribution in [0.2, 0.25) is 5.02 Å². The Kier molecular flexibility index (Phi) is 4.14. The topological polar surface area (TPSA) is 12.0 Å². The fraction of sp³-hybridized carbons (Fsp3) is 0.647. The van der Waals surface area contributed by atoms with Crippen LogP contribution in [0.15, 0.2) is 24.3 Å². The van der Waals surface area contributed by atoms with E-state index in [2.05, 4.69) is 30.4 Å². The fourth-order valence-electron chi connectivity index (χ4n) is 4.07. The van der Waals surface area contributed by atoms with Crippen molar-refractivity contribution in [1.29, 1.82) is 0 Å². The Bertz CT molecular complexity index is 421. The lowest BCUT2D eigenvalue weighted by Gasteiger charge is -2.20. The van der Waals surface area contributed by atoms with E-state index in [1.54, 1.807) is 0 Å². The molecule has 2 fully saturated rings. The molecule has 2 aliphatic carbocycles. The van der Waals surface area contributed by atoms with Gasteiger partial charge in [-0.05, 0) is 67.7 Å². The van der Waals surface area contributed by atoms with Crippen LogP contribution < -0.4 is 5.32 Å². The van der Waals surface area contributed by atoms with E-state index < -0.39 is 0 Å². The van der Waals surface area contributed by atoms with Crippen LogP contribution in [0, 0.1) is 17.8 Å². The van der Waals surface area contributed by atoms with Crippen molar-refractivity contribution in [1.82, 2.24) is 5.32 Å². The number of fused-ring (bicyclic) bond motifs is 1. The fourth-order valence-corrected chi connectivity index (χ4v) is 4.28. The van der Waals surface area contributed by atoms with E-state index in [0.717, 1.165) is 35.7 Å². The van der Waals surface area contributed by atoms with Gasteiger partial charge in [-0.1, -0.05) is 37.1 Å². The maximum Gasteiger partial charge on any atom is 0.0408 e. The van der Waals surface area contributed by atoms with Gasteiger partial charge in [0.25, 0.3) is 0 Å². The van der Waals surface area contributed by atoms with Crippen LogP contribution >= 0.6 is 11.6 Å². The zero-order chi connectivity index (χ0) is 13.2. The minimum absolute atomic E-state index is 0.661. The van der Waals surface area contributed by atoms with Gasteiger partial charge < -0.3 is 5.32 Å².